The SMILES string of the molecule is N/N=C\N(N)c1cc(C2CO2)ccn1. The average Bonchev–Trinajstić information content (AvgIpc) is 3.02. The second-order valence-corrected chi connectivity index (χ2v) is 2.94. The topological polar surface area (TPSA) is 93.1 Å². The first-order valence-corrected chi connectivity index (χ1v) is 4.16. The summed E-state index contributed by atoms with van der Waals surface area (Å²) >= 11 is 0. The van der Waals surface area contributed by atoms with Crippen LogP contribution in [-0.4, -0.2) is 17.9 Å². The molecule has 4 N–H and O–H groups in total. The summed E-state index contributed by atoms with van der Waals surface area (Å²) in [5.41, 5.74) is 1.07. The van der Waals surface area contributed by atoms with Gasteiger partial charge in [0.1, 0.15) is 18.3 Å². The van der Waals surface area contributed by atoms with Crippen molar-refractivity contribution in [1.82, 2.24) is 4.98 Å². The van der Waals surface area contributed by atoms with Gasteiger partial charge in [-0.1, -0.05) is 0 Å². The van der Waals surface area contributed by atoms with Gasteiger partial charge < -0.3 is 10.6 Å². The molecule has 0 saturated carbocycles. The number of rotatable bonds is 3. The number of ether oxygens (including phenoxy) is 1. The maximum Gasteiger partial charge on any atom is 0.148 e. The molecule has 6 heteroatoms. The number of nitrogens with zero attached hydrogens (tertiary/aromatic N) is 3. The lowest BCUT2D eigenvalue weighted by Gasteiger charge is -2.10. The molecule has 1 fully saturated rings. The number of anilines is 1. The van der Waals surface area contributed by atoms with Gasteiger partial charge in [0, 0.05) is 6.20 Å². The van der Waals surface area contributed by atoms with Gasteiger partial charge in [-0.05, 0) is 17.7 Å². The van der Waals surface area contributed by atoms with Crippen molar-refractivity contribution in [3.05, 3.63) is 23.9 Å². The first kappa shape index (κ1) is 8.92. The molecule has 1 unspecified atom stereocenters. The molecule has 0 spiro atoms. The van der Waals surface area contributed by atoms with Gasteiger partial charge in [0.2, 0.25) is 0 Å². The Bertz CT molecular complexity index is 349. The molecular weight excluding hydrogens is 182 g/mol. The van der Waals surface area contributed by atoms with Gasteiger partial charge in [0.25, 0.3) is 0 Å². The zero-order chi connectivity index (χ0) is 9.97. The van der Waals surface area contributed by atoms with Gasteiger partial charge in [0.05, 0.1) is 6.61 Å². The normalized spacial score (nSPS) is 19.9. The van der Waals surface area contributed by atoms with E-state index in [1.54, 1.807) is 6.20 Å². The highest BCUT2D eigenvalue weighted by atomic mass is 16.6. The number of nitrogens with two attached hydrogens (primary N) is 2. The molecule has 14 heavy (non-hydrogen) atoms. The molecule has 1 aromatic heterocycles. The van der Waals surface area contributed by atoms with Gasteiger partial charge in [-0.15, -0.1) is 0 Å². The largest absolute Gasteiger partial charge is 0.368 e. The maximum absolute atomic E-state index is 5.60. The molecule has 6 nitrogen and oxygen atoms in total. The number of hydrogen-bond acceptors (Lipinski definition) is 5. The average molecular weight is 193 g/mol. The van der Waals surface area contributed by atoms with E-state index in [0.29, 0.717) is 5.82 Å². The number of hydrogen-bond donors (Lipinski definition) is 2. The fraction of sp³-hybridized carbons (Fsp3) is 0.250. The van der Waals surface area contributed by atoms with Gasteiger partial charge in [-0.3, -0.25) is 0 Å². The Balaban J connectivity index is 2.20. The standard InChI is InChI=1S/C8H11N5O/c9-12-5-13(10)8-3-6(1-2-11-8)7-4-14-7/h1-3,5,7H,4,9-10H2/b12-5-. The summed E-state index contributed by atoms with van der Waals surface area (Å²) in [5.74, 6) is 11.2. The van der Waals surface area contributed by atoms with Crippen molar-refractivity contribution in [3.63, 3.8) is 0 Å². The molecule has 0 aromatic carbocycles. The van der Waals surface area contributed by atoms with Crippen molar-refractivity contribution < 1.29 is 4.74 Å². The highest BCUT2D eigenvalue weighted by Gasteiger charge is 2.25. The predicted molar refractivity (Wildman–Crippen MR) is 52.3 cm³/mol. The Morgan fingerprint density at radius 3 is 3.14 bits per heavy atom. The van der Waals surface area contributed by atoms with Gasteiger partial charge in [0.15, 0.2) is 0 Å². The van der Waals surface area contributed by atoms with Crippen LogP contribution in [0.15, 0.2) is 23.4 Å². The van der Waals surface area contributed by atoms with Crippen LogP contribution in [0.5, 0.6) is 0 Å². The minimum absolute atomic E-state index is 0.194. The summed E-state index contributed by atoms with van der Waals surface area (Å²) in [6, 6.07) is 3.74. The number of pyridine rings is 1. The van der Waals surface area contributed by atoms with Crippen LogP contribution in [-0.2, 0) is 4.74 Å². The van der Waals surface area contributed by atoms with Crippen molar-refractivity contribution in [3.8, 4) is 0 Å². The molecule has 1 aliphatic heterocycles. The zero-order valence-electron chi connectivity index (χ0n) is 7.50. The van der Waals surface area contributed by atoms with E-state index in [0.717, 1.165) is 12.2 Å². The molecule has 1 saturated heterocycles. The lowest BCUT2D eigenvalue weighted by atomic mass is 10.2. The monoisotopic (exact) mass is 193 g/mol. The summed E-state index contributed by atoms with van der Waals surface area (Å²) in [6.07, 6.45) is 3.16. The maximum atomic E-state index is 5.60. The molecule has 1 aliphatic rings. The Labute approximate surface area is 81.1 Å². The third kappa shape index (κ3) is 1.81. The van der Waals surface area contributed by atoms with Crippen LogP contribution < -0.4 is 16.7 Å². The van der Waals surface area contributed by atoms with Gasteiger partial charge >= 0.3 is 0 Å². The molecule has 2 heterocycles. The third-order valence-corrected chi connectivity index (χ3v) is 1.93. The molecule has 74 valence electrons. The highest BCUT2D eigenvalue weighted by molar-refractivity contribution is 5.75. The minimum atomic E-state index is 0.194. The quantitative estimate of drug-likeness (QED) is 0.227. The summed E-state index contributed by atoms with van der Waals surface area (Å²) in [7, 11) is 0. The van der Waals surface area contributed by atoms with Crippen LogP contribution >= 0.6 is 0 Å². The number of hydrazine groups is 1. The summed E-state index contributed by atoms with van der Waals surface area (Å²) in [6.45, 7) is 0.763. The lowest BCUT2D eigenvalue weighted by Crippen LogP contribution is -2.30. The van der Waals surface area contributed by atoms with Crippen LogP contribution in [0.3, 0.4) is 0 Å². The van der Waals surface area contributed by atoms with E-state index >= 15 is 0 Å². The Morgan fingerprint density at radius 1 is 1.71 bits per heavy atom. The van der Waals surface area contributed by atoms with Crippen molar-refractivity contribution in [2.75, 3.05) is 11.6 Å². The minimum Gasteiger partial charge on any atom is -0.368 e. The van der Waals surface area contributed by atoms with E-state index in [1.807, 2.05) is 12.1 Å². The second-order valence-electron chi connectivity index (χ2n) is 2.94. The van der Waals surface area contributed by atoms with Crippen molar-refractivity contribution in [2.45, 2.75) is 6.10 Å². The second kappa shape index (κ2) is 3.60. The zero-order valence-corrected chi connectivity index (χ0v) is 7.50. The molecule has 0 bridgehead atoms. The number of epoxide rings is 1. The summed E-state index contributed by atoms with van der Waals surface area (Å²) < 4.78 is 5.14. The van der Waals surface area contributed by atoms with Crippen LogP contribution in [0.2, 0.25) is 0 Å². The molecule has 2 rings (SSSR count). The van der Waals surface area contributed by atoms with E-state index in [1.165, 1.54) is 11.3 Å². The third-order valence-electron chi connectivity index (χ3n) is 1.93. The van der Waals surface area contributed by atoms with Crippen molar-refractivity contribution in [1.29, 1.82) is 0 Å². The van der Waals surface area contributed by atoms with Crippen molar-refractivity contribution >= 4 is 12.2 Å². The van der Waals surface area contributed by atoms with E-state index in [2.05, 4.69) is 10.1 Å². The summed E-state index contributed by atoms with van der Waals surface area (Å²) in [4.78, 5) is 4.07. The van der Waals surface area contributed by atoms with Gasteiger partial charge in [-0.2, -0.15) is 5.10 Å². The van der Waals surface area contributed by atoms with E-state index in [4.69, 9.17) is 16.4 Å². The molecular formula is C8H11N5O. The Morgan fingerprint density at radius 2 is 2.50 bits per heavy atom. The number of hydrazone groups is 1. The fourth-order valence-corrected chi connectivity index (χ4v) is 1.15. The number of aromatic nitrogens is 1. The predicted octanol–water partition coefficient (Wildman–Crippen LogP) is -0.265. The van der Waals surface area contributed by atoms with E-state index in [9.17, 15) is 0 Å². The molecule has 1 atom stereocenters. The molecule has 0 aliphatic carbocycles. The molecule has 0 amide bonds. The fourth-order valence-electron chi connectivity index (χ4n) is 1.15. The van der Waals surface area contributed by atoms with Gasteiger partial charge in [-0.25, -0.2) is 15.8 Å². The molecule has 1 aromatic rings. The Kier molecular flexibility index (Phi) is 2.30. The van der Waals surface area contributed by atoms with E-state index < -0.39 is 0 Å². The lowest BCUT2D eigenvalue weighted by molar-refractivity contribution is 0.415. The molecule has 0 radical (unpaired) electrons. The smallest absolute Gasteiger partial charge is 0.148 e. The first-order chi connectivity index (χ1) is 6.81. The highest BCUT2D eigenvalue weighted by Crippen LogP contribution is 2.30. The van der Waals surface area contributed by atoms with Crippen molar-refractivity contribution in [2.24, 2.45) is 16.8 Å². The van der Waals surface area contributed by atoms with Crippen LogP contribution in [0.25, 0.3) is 0 Å². The van der Waals surface area contributed by atoms with Crippen LogP contribution in [0.4, 0.5) is 5.82 Å². The Hall–Kier alpha value is -1.66. The van der Waals surface area contributed by atoms with Crippen LogP contribution in [0, 0.1) is 0 Å². The van der Waals surface area contributed by atoms with E-state index in [-0.39, 0.29) is 6.10 Å². The first-order valence-electron chi connectivity index (χ1n) is 4.16. The summed E-state index contributed by atoms with van der Waals surface area (Å²) in [5, 5.41) is 4.56. The van der Waals surface area contributed by atoms with Crippen LogP contribution in [0.1, 0.15) is 11.7 Å².